The van der Waals surface area contributed by atoms with Gasteiger partial charge in [-0.05, 0) is 63.6 Å². The third-order valence-electron chi connectivity index (χ3n) is 3.66. The first-order valence-corrected chi connectivity index (χ1v) is 9.82. The molecule has 2 aromatic rings. The van der Waals surface area contributed by atoms with Crippen molar-refractivity contribution in [1.82, 2.24) is 4.90 Å². The van der Waals surface area contributed by atoms with Crippen LogP contribution in [0.1, 0.15) is 11.1 Å². The number of benzene rings is 2. The van der Waals surface area contributed by atoms with Crippen LogP contribution in [-0.4, -0.2) is 23.2 Å². The summed E-state index contributed by atoms with van der Waals surface area (Å²) in [5, 5.41) is -0.362. The first-order valence-electron chi connectivity index (χ1n) is 7.42. The van der Waals surface area contributed by atoms with Crippen LogP contribution in [0, 0.1) is 5.82 Å². The van der Waals surface area contributed by atoms with Gasteiger partial charge in [0, 0.05) is 10.0 Å². The third-order valence-corrected chi connectivity index (χ3v) is 5.61. The Morgan fingerprint density at radius 2 is 1.88 bits per heavy atom. The number of amides is 2. The number of methoxy groups -OCH3 is 1. The number of carbonyl (C=O) groups is 2. The Balaban J connectivity index is 1.89. The molecule has 0 aromatic heterocycles. The minimum absolute atomic E-state index is 0.0988. The van der Waals surface area contributed by atoms with Crippen molar-refractivity contribution in [3.05, 3.63) is 67.2 Å². The molecule has 1 saturated heterocycles. The number of carbonyl (C=O) groups excluding carboxylic acids is 2. The molecule has 26 heavy (non-hydrogen) atoms. The Hall–Kier alpha value is -1.64. The Morgan fingerprint density at radius 3 is 2.54 bits per heavy atom. The van der Waals surface area contributed by atoms with Crippen molar-refractivity contribution < 1.29 is 18.7 Å². The van der Waals surface area contributed by atoms with E-state index in [0.717, 1.165) is 25.6 Å². The highest BCUT2D eigenvalue weighted by molar-refractivity contribution is 9.11. The van der Waals surface area contributed by atoms with Crippen LogP contribution < -0.4 is 4.74 Å². The van der Waals surface area contributed by atoms with Gasteiger partial charge in [0.15, 0.2) is 0 Å². The molecule has 0 bridgehead atoms. The fraction of sp³-hybridized carbons (Fsp3) is 0.111. The van der Waals surface area contributed by atoms with E-state index in [2.05, 4.69) is 31.9 Å². The normalized spacial score (nSPS) is 15.8. The molecule has 2 amide bonds. The Labute approximate surface area is 170 Å². The lowest BCUT2D eigenvalue weighted by molar-refractivity contribution is -0.123. The molecule has 0 aliphatic carbocycles. The van der Waals surface area contributed by atoms with E-state index >= 15 is 0 Å². The van der Waals surface area contributed by atoms with Crippen LogP contribution in [-0.2, 0) is 11.3 Å². The van der Waals surface area contributed by atoms with Gasteiger partial charge in [0.05, 0.1) is 23.0 Å². The van der Waals surface area contributed by atoms with Crippen LogP contribution in [0.2, 0.25) is 0 Å². The van der Waals surface area contributed by atoms with E-state index in [1.807, 2.05) is 6.07 Å². The van der Waals surface area contributed by atoms with E-state index < -0.39 is 0 Å². The second-order valence-corrected chi connectivity index (χ2v) is 8.17. The van der Waals surface area contributed by atoms with Crippen LogP contribution in [0.5, 0.6) is 5.75 Å². The molecule has 0 spiro atoms. The predicted octanol–water partition coefficient (Wildman–Crippen LogP) is 5.60. The number of thioether (sulfide) groups is 1. The minimum atomic E-state index is -0.387. The van der Waals surface area contributed by atoms with Crippen molar-refractivity contribution in [2.45, 2.75) is 6.54 Å². The molecule has 1 heterocycles. The zero-order valence-corrected chi connectivity index (χ0v) is 17.5. The van der Waals surface area contributed by atoms with Gasteiger partial charge < -0.3 is 4.74 Å². The van der Waals surface area contributed by atoms with Gasteiger partial charge in [-0.25, -0.2) is 4.39 Å². The van der Waals surface area contributed by atoms with Crippen molar-refractivity contribution in [3.8, 4) is 5.75 Å². The standard InChI is InChI=1S/C18H12Br2FNO3S/c1-25-16-11(6-12(19)8-14(16)20)7-15-17(23)22(18(24)26-15)9-10-2-4-13(21)5-3-10/h2-8H,9H2,1H3/b15-7+. The molecule has 2 aromatic carbocycles. The van der Waals surface area contributed by atoms with Crippen LogP contribution in [0.4, 0.5) is 9.18 Å². The molecule has 0 atom stereocenters. The van der Waals surface area contributed by atoms with Crippen LogP contribution >= 0.6 is 43.6 Å². The maximum atomic E-state index is 13.0. The second-order valence-electron chi connectivity index (χ2n) is 5.40. The summed E-state index contributed by atoms with van der Waals surface area (Å²) in [5.74, 6) is -0.184. The van der Waals surface area contributed by atoms with Gasteiger partial charge >= 0.3 is 0 Å². The van der Waals surface area contributed by atoms with E-state index in [1.165, 1.54) is 19.2 Å². The summed E-state index contributed by atoms with van der Waals surface area (Å²) < 4.78 is 19.9. The quantitative estimate of drug-likeness (QED) is 0.513. The number of halogens is 3. The van der Waals surface area contributed by atoms with Gasteiger partial charge in [-0.1, -0.05) is 28.1 Å². The predicted molar refractivity (Wildman–Crippen MR) is 106 cm³/mol. The Morgan fingerprint density at radius 1 is 1.19 bits per heavy atom. The minimum Gasteiger partial charge on any atom is -0.495 e. The number of hydrogen-bond donors (Lipinski definition) is 0. The summed E-state index contributed by atoms with van der Waals surface area (Å²) in [6.07, 6.45) is 1.63. The van der Waals surface area contributed by atoms with Gasteiger partial charge in [-0.2, -0.15) is 0 Å². The smallest absolute Gasteiger partial charge is 0.293 e. The first kappa shape index (κ1) is 19.1. The largest absolute Gasteiger partial charge is 0.495 e. The highest BCUT2D eigenvalue weighted by atomic mass is 79.9. The average Bonchev–Trinajstić information content (AvgIpc) is 2.84. The van der Waals surface area contributed by atoms with E-state index in [9.17, 15) is 14.0 Å². The Bertz CT molecular complexity index is 915. The molecular weight excluding hydrogens is 489 g/mol. The molecule has 8 heteroatoms. The number of nitrogens with zero attached hydrogens (tertiary/aromatic N) is 1. The van der Waals surface area contributed by atoms with Crippen LogP contribution in [0.25, 0.3) is 6.08 Å². The first-order chi connectivity index (χ1) is 12.4. The summed E-state index contributed by atoms with van der Waals surface area (Å²) >= 11 is 7.68. The summed E-state index contributed by atoms with van der Waals surface area (Å²) in [5.41, 5.74) is 1.35. The average molecular weight is 501 g/mol. The highest BCUT2D eigenvalue weighted by Crippen LogP contribution is 2.38. The summed E-state index contributed by atoms with van der Waals surface area (Å²) in [4.78, 5) is 26.3. The fourth-order valence-electron chi connectivity index (χ4n) is 2.45. The van der Waals surface area contributed by atoms with Crippen LogP contribution in [0.15, 0.2) is 50.2 Å². The third kappa shape index (κ3) is 4.02. The lowest BCUT2D eigenvalue weighted by atomic mass is 10.1. The highest BCUT2D eigenvalue weighted by Gasteiger charge is 2.35. The van der Waals surface area contributed by atoms with Crippen molar-refractivity contribution in [2.75, 3.05) is 7.11 Å². The Kier molecular flexibility index (Phi) is 5.84. The zero-order chi connectivity index (χ0) is 18.8. The lowest BCUT2D eigenvalue weighted by Gasteiger charge is -2.12. The van der Waals surface area contributed by atoms with Gasteiger partial charge in [0.1, 0.15) is 11.6 Å². The molecule has 0 saturated carbocycles. The van der Waals surface area contributed by atoms with Crippen molar-refractivity contribution in [3.63, 3.8) is 0 Å². The maximum Gasteiger partial charge on any atom is 0.293 e. The summed E-state index contributed by atoms with van der Waals surface area (Å²) in [6.45, 7) is 0.0988. The number of hydrogen-bond acceptors (Lipinski definition) is 4. The van der Waals surface area contributed by atoms with Gasteiger partial charge in [0.25, 0.3) is 11.1 Å². The summed E-state index contributed by atoms with van der Waals surface area (Å²) in [6, 6.07) is 9.34. The van der Waals surface area contributed by atoms with Crippen molar-refractivity contribution in [1.29, 1.82) is 0 Å². The topological polar surface area (TPSA) is 46.6 Å². The molecular formula is C18H12Br2FNO3S. The molecule has 1 aliphatic heterocycles. The molecule has 4 nitrogen and oxygen atoms in total. The molecule has 1 aliphatic rings. The van der Waals surface area contributed by atoms with E-state index in [0.29, 0.717) is 21.8 Å². The molecule has 134 valence electrons. The van der Waals surface area contributed by atoms with Crippen molar-refractivity contribution in [2.24, 2.45) is 0 Å². The van der Waals surface area contributed by atoms with Gasteiger partial charge in [-0.3, -0.25) is 14.5 Å². The molecule has 0 unspecified atom stereocenters. The maximum absolute atomic E-state index is 13.0. The van der Waals surface area contributed by atoms with Crippen molar-refractivity contribution >= 4 is 60.8 Å². The monoisotopic (exact) mass is 499 g/mol. The zero-order valence-electron chi connectivity index (χ0n) is 13.5. The van der Waals surface area contributed by atoms with E-state index in [4.69, 9.17) is 4.74 Å². The molecule has 0 radical (unpaired) electrons. The lowest BCUT2D eigenvalue weighted by Crippen LogP contribution is -2.27. The van der Waals surface area contributed by atoms with Gasteiger partial charge in [-0.15, -0.1) is 0 Å². The number of imide groups is 1. The van der Waals surface area contributed by atoms with E-state index in [-0.39, 0.29) is 23.5 Å². The summed E-state index contributed by atoms with van der Waals surface area (Å²) in [7, 11) is 1.53. The molecule has 0 N–H and O–H groups in total. The molecule has 3 rings (SSSR count). The van der Waals surface area contributed by atoms with Gasteiger partial charge in [0.2, 0.25) is 0 Å². The fourth-order valence-corrected chi connectivity index (χ4v) is 4.70. The number of rotatable bonds is 4. The molecule has 1 fully saturated rings. The van der Waals surface area contributed by atoms with Crippen LogP contribution in [0.3, 0.4) is 0 Å². The second kappa shape index (κ2) is 7.94. The number of ether oxygens (including phenoxy) is 1. The SMILES string of the molecule is COc1c(Br)cc(Br)cc1/C=C1/SC(=O)N(Cc2ccc(F)cc2)C1=O. The van der Waals surface area contributed by atoms with E-state index in [1.54, 1.807) is 24.3 Å².